The Labute approximate surface area is 206 Å². The first kappa shape index (κ1) is 25.6. The second kappa shape index (κ2) is 10.7. The average Bonchev–Trinajstić information content (AvgIpc) is 2.84. The number of hydrogen-bond acceptors (Lipinski definition) is 5. The van der Waals surface area contributed by atoms with E-state index in [2.05, 4.69) is 39.8 Å². The summed E-state index contributed by atoms with van der Waals surface area (Å²) in [7, 11) is 0. The predicted molar refractivity (Wildman–Crippen MR) is 125 cm³/mol. The molecule has 36 heavy (non-hydrogen) atoms. The highest BCUT2D eigenvalue weighted by Crippen LogP contribution is 2.36. The summed E-state index contributed by atoms with van der Waals surface area (Å²) in [6.07, 6.45) is -0.405. The Kier molecular flexibility index (Phi) is 7.58. The fourth-order valence-electron chi connectivity index (χ4n) is 4.95. The lowest BCUT2D eigenvalue weighted by molar-refractivity contribution is -0.385. The van der Waals surface area contributed by atoms with Gasteiger partial charge in [-0.1, -0.05) is 30.3 Å². The van der Waals surface area contributed by atoms with Crippen LogP contribution in [0, 0.1) is 10.1 Å². The van der Waals surface area contributed by atoms with E-state index in [0.29, 0.717) is 37.2 Å². The Morgan fingerprint density at radius 1 is 1.03 bits per heavy atom. The summed E-state index contributed by atoms with van der Waals surface area (Å²) >= 11 is 0. The van der Waals surface area contributed by atoms with Gasteiger partial charge in [-0.25, -0.2) is 0 Å². The van der Waals surface area contributed by atoms with Gasteiger partial charge in [0.05, 0.1) is 23.1 Å². The van der Waals surface area contributed by atoms with E-state index in [0.717, 1.165) is 31.7 Å². The monoisotopic (exact) mass is 504 g/mol. The van der Waals surface area contributed by atoms with Crippen molar-refractivity contribution in [3.05, 3.63) is 75.3 Å². The van der Waals surface area contributed by atoms with E-state index in [-0.39, 0.29) is 6.04 Å². The number of nitrogens with one attached hydrogen (secondary N) is 2. The average molecular weight is 505 g/mol. The summed E-state index contributed by atoms with van der Waals surface area (Å²) in [5.74, 6) is -0.881. The quantitative estimate of drug-likeness (QED) is 0.440. The van der Waals surface area contributed by atoms with Gasteiger partial charge in [-0.05, 0) is 43.2 Å². The molecule has 2 amide bonds. The second-order valence-corrected chi connectivity index (χ2v) is 9.34. The number of hydrogen-bond donors (Lipinski definition) is 2. The minimum atomic E-state index is -4.85. The van der Waals surface area contributed by atoms with Gasteiger partial charge in [-0.2, -0.15) is 13.2 Å². The molecule has 0 unspecified atom stereocenters. The molecule has 2 aliphatic rings. The maximum Gasteiger partial charge on any atom is 0.416 e. The lowest BCUT2D eigenvalue weighted by Gasteiger charge is -2.46. The van der Waals surface area contributed by atoms with E-state index in [9.17, 15) is 32.9 Å². The third-order valence-corrected chi connectivity index (χ3v) is 6.89. The summed E-state index contributed by atoms with van der Waals surface area (Å²) < 4.78 is 39.1. The van der Waals surface area contributed by atoms with Crippen LogP contribution in [-0.2, 0) is 11.0 Å². The smallest absolute Gasteiger partial charge is 0.349 e. The number of non-ortho nitro benzene ring substituents is 1. The van der Waals surface area contributed by atoms with Crippen LogP contribution in [-0.4, -0.2) is 53.4 Å². The van der Waals surface area contributed by atoms with Crippen molar-refractivity contribution in [2.24, 2.45) is 0 Å². The zero-order valence-electron chi connectivity index (χ0n) is 19.5. The standard InChI is InChI=1S/C25H27F3N4O4/c26-25(27,28)19-10-18(11-22(12-19)32(35)36)24(34)29-13-23(33)30-20-14-31(15-20)21-8-6-17(7-9-21)16-4-2-1-3-5-16/h1-5,10-12,17,20-21H,6-9,13-15H2,(H,29,34)(H,30,33). The van der Waals surface area contributed by atoms with E-state index >= 15 is 0 Å². The second-order valence-electron chi connectivity index (χ2n) is 9.34. The molecule has 2 fully saturated rings. The van der Waals surface area contributed by atoms with E-state index in [1.165, 1.54) is 5.56 Å². The molecule has 0 aromatic heterocycles. The van der Waals surface area contributed by atoms with Gasteiger partial charge in [0.2, 0.25) is 5.91 Å². The van der Waals surface area contributed by atoms with Gasteiger partial charge in [0, 0.05) is 36.8 Å². The van der Waals surface area contributed by atoms with Crippen LogP contribution in [0.1, 0.15) is 53.1 Å². The molecule has 1 heterocycles. The molecule has 2 aromatic rings. The van der Waals surface area contributed by atoms with Gasteiger partial charge in [0.25, 0.3) is 11.6 Å². The molecule has 0 bridgehead atoms. The molecule has 4 rings (SSSR count). The first-order chi connectivity index (χ1) is 17.1. The number of benzene rings is 2. The third kappa shape index (κ3) is 6.20. The van der Waals surface area contributed by atoms with Gasteiger partial charge in [-0.3, -0.25) is 24.6 Å². The number of alkyl halides is 3. The molecule has 0 radical (unpaired) electrons. The predicted octanol–water partition coefficient (Wildman–Crippen LogP) is 3.87. The molecule has 192 valence electrons. The van der Waals surface area contributed by atoms with Crippen LogP contribution in [0.3, 0.4) is 0 Å². The Bertz CT molecular complexity index is 1110. The van der Waals surface area contributed by atoms with Gasteiger partial charge in [0.1, 0.15) is 0 Å². The highest BCUT2D eigenvalue weighted by atomic mass is 19.4. The van der Waals surface area contributed by atoms with Crippen LogP contribution >= 0.6 is 0 Å². The number of likely N-dealkylation sites (tertiary alicyclic amines) is 1. The molecule has 1 saturated heterocycles. The molecule has 1 aliphatic heterocycles. The summed E-state index contributed by atoms with van der Waals surface area (Å²) in [4.78, 5) is 36.8. The number of carbonyl (C=O) groups is 2. The Hall–Kier alpha value is -3.47. The summed E-state index contributed by atoms with van der Waals surface area (Å²) in [5, 5.41) is 16.0. The van der Waals surface area contributed by atoms with Crippen molar-refractivity contribution in [3.8, 4) is 0 Å². The molecule has 11 heteroatoms. The topological polar surface area (TPSA) is 105 Å². The fraction of sp³-hybridized carbons (Fsp3) is 0.440. The van der Waals surface area contributed by atoms with Crippen molar-refractivity contribution >= 4 is 17.5 Å². The van der Waals surface area contributed by atoms with Crippen molar-refractivity contribution in [2.45, 2.75) is 49.9 Å². The number of halogens is 3. The van der Waals surface area contributed by atoms with Crippen LogP contribution in [0.5, 0.6) is 0 Å². The van der Waals surface area contributed by atoms with Crippen molar-refractivity contribution in [1.82, 2.24) is 15.5 Å². The first-order valence-electron chi connectivity index (χ1n) is 11.8. The number of carbonyl (C=O) groups excluding carboxylic acids is 2. The molecule has 8 nitrogen and oxygen atoms in total. The molecule has 0 atom stereocenters. The SMILES string of the molecule is O=C(CNC(=O)c1cc([N+](=O)[O-])cc(C(F)(F)F)c1)NC1CN(C2CCC(c3ccccc3)CC2)C1. The van der Waals surface area contributed by atoms with Crippen LogP contribution in [0.25, 0.3) is 0 Å². The van der Waals surface area contributed by atoms with E-state index < -0.39 is 46.3 Å². The molecule has 2 N–H and O–H groups in total. The number of nitro groups is 1. The zero-order valence-corrected chi connectivity index (χ0v) is 19.5. The molecule has 0 spiro atoms. The van der Waals surface area contributed by atoms with Gasteiger partial charge < -0.3 is 10.6 Å². The molecule has 1 saturated carbocycles. The van der Waals surface area contributed by atoms with Crippen molar-refractivity contribution in [3.63, 3.8) is 0 Å². The highest BCUT2D eigenvalue weighted by molar-refractivity contribution is 5.97. The first-order valence-corrected chi connectivity index (χ1v) is 11.8. The lowest BCUT2D eigenvalue weighted by Crippen LogP contribution is -2.63. The highest BCUT2D eigenvalue weighted by Gasteiger charge is 2.36. The number of amides is 2. The minimum absolute atomic E-state index is 0.0594. The van der Waals surface area contributed by atoms with E-state index in [4.69, 9.17) is 0 Å². The largest absolute Gasteiger partial charge is 0.416 e. The summed E-state index contributed by atoms with van der Waals surface area (Å²) in [6.45, 7) is 0.974. The Morgan fingerprint density at radius 3 is 2.31 bits per heavy atom. The number of nitro benzene ring substituents is 1. The van der Waals surface area contributed by atoms with Crippen molar-refractivity contribution in [1.29, 1.82) is 0 Å². The molecule has 1 aliphatic carbocycles. The third-order valence-electron chi connectivity index (χ3n) is 6.89. The van der Waals surface area contributed by atoms with Crippen LogP contribution in [0.15, 0.2) is 48.5 Å². The maximum absolute atomic E-state index is 13.0. The minimum Gasteiger partial charge on any atom is -0.349 e. The van der Waals surface area contributed by atoms with Gasteiger partial charge in [0.15, 0.2) is 0 Å². The summed E-state index contributed by atoms with van der Waals surface area (Å²) in [6, 6.07) is 12.6. The molecule has 2 aromatic carbocycles. The van der Waals surface area contributed by atoms with Crippen LogP contribution in [0.2, 0.25) is 0 Å². The number of nitrogens with zero attached hydrogens (tertiary/aromatic N) is 2. The van der Waals surface area contributed by atoms with Gasteiger partial charge >= 0.3 is 6.18 Å². The number of rotatable bonds is 7. The van der Waals surface area contributed by atoms with E-state index in [1.807, 2.05) is 6.07 Å². The normalized spacial score (nSPS) is 20.9. The van der Waals surface area contributed by atoms with Gasteiger partial charge in [-0.15, -0.1) is 0 Å². The Balaban J connectivity index is 1.21. The fourth-order valence-corrected chi connectivity index (χ4v) is 4.95. The van der Waals surface area contributed by atoms with Crippen LogP contribution < -0.4 is 10.6 Å². The Morgan fingerprint density at radius 2 is 1.69 bits per heavy atom. The van der Waals surface area contributed by atoms with Crippen LogP contribution in [0.4, 0.5) is 18.9 Å². The maximum atomic E-state index is 13.0. The van der Waals surface area contributed by atoms with E-state index in [1.54, 1.807) is 0 Å². The van der Waals surface area contributed by atoms with Crippen molar-refractivity contribution in [2.75, 3.05) is 19.6 Å². The lowest BCUT2D eigenvalue weighted by atomic mass is 9.80. The zero-order chi connectivity index (χ0) is 25.9. The molecular weight excluding hydrogens is 477 g/mol. The van der Waals surface area contributed by atoms with Crippen molar-refractivity contribution < 1.29 is 27.7 Å². The molecular formula is C25H27F3N4O4. The summed E-state index contributed by atoms with van der Waals surface area (Å²) in [5.41, 5.74) is -1.32.